The summed E-state index contributed by atoms with van der Waals surface area (Å²) in [6.07, 6.45) is 8.72. The Balaban J connectivity index is 1.66. The van der Waals surface area contributed by atoms with Gasteiger partial charge >= 0.3 is 0 Å². The molecule has 0 amide bonds. The van der Waals surface area contributed by atoms with Crippen LogP contribution in [0.3, 0.4) is 0 Å². The SMILES string of the molecule is NC1CC2CCC(C1)N2c1cnn(CC2CC2)c(=O)c1Br. The van der Waals surface area contributed by atoms with Crippen LogP contribution in [0.5, 0.6) is 0 Å². The molecule has 2 unspecified atom stereocenters. The molecule has 6 heteroatoms. The number of piperidine rings is 1. The van der Waals surface area contributed by atoms with Crippen molar-refractivity contribution >= 4 is 21.6 Å². The molecule has 2 N–H and O–H groups in total. The first-order valence-corrected chi connectivity index (χ1v) is 8.72. The van der Waals surface area contributed by atoms with Crippen LogP contribution in [0.15, 0.2) is 15.5 Å². The van der Waals surface area contributed by atoms with Gasteiger partial charge in [-0.15, -0.1) is 0 Å². The van der Waals surface area contributed by atoms with Gasteiger partial charge in [-0.25, -0.2) is 4.68 Å². The molecule has 4 rings (SSSR count). The van der Waals surface area contributed by atoms with E-state index in [9.17, 15) is 4.79 Å². The largest absolute Gasteiger partial charge is 0.363 e. The topological polar surface area (TPSA) is 64.2 Å². The smallest absolute Gasteiger partial charge is 0.283 e. The van der Waals surface area contributed by atoms with Crippen molar-refractivity contribution in [2.24, 2.45) is 11.7 Å². The maximum absolute atomic E-state index is 12.5. The lowest BCUT2D eigenvalue weighted by Crippen LogP contribution is -2.48. The van der Waals surface area contributed by atoms with Crippen LogP contribution in [0.25, 0.3) is 0 Å². The number of nitrogens with two attached hydrogens (primary N) is 1. The van der Waals surface area contributed by atoms with Gasteiger partial charge in [0, 0.05) is 24.7 Å². The fraction of sp³-hybridized carbons (Fsp3) is 0.733. The molecule has 5 nitrogen and oxygen atoms in total. The van der Waals surface area contributed by atoms with Crippen LogP contribution >= 0.6 is 15.9 Å². The fourth-order valence-corrected chi connectivity index (χ4v) is 4.44. The van der Waals surface area contributed by atoms with Gasteiger partial charge in [0.25, 0.3) is 5.56 Å². The van der Waals surface area contributed by atoms with Crippen molar-refractivity contribution in [2.45, 2.75) is 63.2 Å². The first-order valence-electron chi connectivity index (χ1n) is 7.93. The van der Waals surface area contributed by atoms with Crippen LogP contribution < -0.4 is 16.2 Å². The highest BCUT2D eigenvalue weighted by Gasteiger charge is 2.41. The van der Waals surface area contributed by atoms with Gasteiger partial charge in [-0.05, 0) is 60.4 Å². The predicted octanol–water partition coefficient (Wildman–Crippen LogP) is 1.87. The molecule has 3 heterocycles. The summed E-state index contributed by atoms with van der Waals surface area (Å²) in [6, 6.07) is 1.24. The Labute approximate surface area is 132 Å². The number of nitrogens with zero attached hydrogens (tertiary/aromatic N) is 3. The molecule has 3 aliphatic rings. The van der Waals surface area contributed by atoms with E-state index in [1.54, 1.807) is 4.68 Å². The van der Waals surface area contributed by atoms with Gasteiger partial charge in [-0.1, -0.05) is 0 Å². The third-order valence-corrected chi connectivity index (χ3v) is 5.89. The van der Waals surface area contributed by atoms with Crippen LogP contribution in [-0.2, 0) is 6.54 Å². The third-order valence-electron chi connectivity index (χ3n) is 5.14. The Kier molecular flexibility index (Phi) is 3.34. The van der Waals surface area contributed by atoms with Gasteiger partial charge in [0.2, 0.25) is 0 Å². The second kappa shape index (κ2) is 5.09. The predicted molar refractivity (Wildman–Crippen MR) is 85.4 cm³/mol. The molecule has 0 spiro atoms. The minimum Gasteiger partial charge on any atom is -0.363 e. The van der Waals surface area contributed by atoms with Crippen LogP contribution in [0, 0.1) is 5.92 Å². The van der Waals surface area contributed by atoms with Crippen LogP contribution in [0.4, 0.5) is 5.69 Å². The van der Waals surface area contributed by atoms with E-state index in [-0.39, 0.29) is 5.56 Å². The molecular formula is C15H21BrN4O. The Morgan fingerprint density at radius 2 is 1.90 bits per heavy atom. The summed E-state index contributed by atoms with van der Waals surface area (Å²) >= 11 is 3.53. The third kappa shape index (κ3) is 2.42. The maximum atomic E-state index is 12.5. The Hall–Kier alpha value is -0.880. The number of fused-ring (bicyclic) bond motifs is 2. The molecule has 21 heavy (non-hydrogen) atoms. The van der Waals surface area contributed by atoms with Gasteiger partial charge in [0.05, 0.1) is 11.9 Å². The Morgan fingerprint density at radius 3 is 2.52 bits per heavy atom. The molecule has 3 fully saturated rings. The van der Waals surface area contributed by atoms with E-state index in [0.29, 0.717) is 28.5 Å². The molecule has 1 saturated carbocycles. The van der Waals surface area contributed by atoms with E-state index < -0.39 is 0 Å². The van der Waals surface area contributed by atoms with Gasteiger partial charge in [0.1, 0.15) is 4.47 Å². The number of rotatable bonds is 3. The van der Waals surface area contributed by atoms with Crippen molar-refractivity contribution in [3.63, 3.8) is 0 Å². The lowest BCUT2D eigenvalue weighted by molar-refractivity contribution is 0.412. The van der Waals surface area contributed by atoms with Crippen molar-refractivity contribution in [2.75, 3.05) is 4.90 Å². The standard InChI is InChI=1S/C15H21BrN4O/c16-14-13(7-18-19(15(14)21)8-9-1-2-9)20-11-3-4-12(20)6-10(17)5-11/h7,9-12H,1-6,8,17H2. The zero-order chi connectivity index (χ0) is 14.6. The van der Waals surface area contributed by atoms with Crippen LogP contribution in [-0.4, -0.2) is 27.9 Å². The highest BCUT2D eigenvalue weighted by atomic mass is 79.9. The maximum Gasteiger partial charge on any atom is 0.283 e. The second-order valence-corrected chi connectivity index (χ2v) is 7.59. The quantitative estimate of drug-likeness (QED) is 0.901. The zero-order valence-electron chi connectivity index (χ0n) is 12.0. The Bertz CT molecular complexity index is 598. The van der Waals surface area contributed by atoms with E-state index in [1.807, 2.05) is 6.20 Å². The minimum absolute atomic E-state index is 0.00803. The number of hydrogen-bond acceptors (Lipinski definition) is 4. The number of halogens is 1. The summed E-state index contributed by atoms with van der Waals surface area (Å²) in [6.45, 7) is 0.759. The highest BCUT2D eigenvalue weighted by Crippen LogP contribution is 2.40. The average molecular weight is 353 g/mol. The van der Waals surface area contributed by atoms with E-state index in [1.165, 1.54) is 25.7 Å². The molecule has 0 aromatic carbocycles. The zero-order valence-corrected chi connectivity index (χ0v) is 13.6. The van der Waals surface area contributed by atoms with Gasteiger partial charge in [-0.3, -0.25) is 4.79 Å². The van der Waals surface area contributed by atoms with E-state index in [0.717, 1.165) is 25.1 Å². The summed E-state index contributed by atoms with van der Waals surface area (Å²) < 4.78 is 2.29. The van der Waals surface area contributed by atoms with Crippen molar-refractivity contribution in [3.05, 3.63) is 21.0 Å². The molecular weight excluding hydrogens is 332 g/mol. The normalized spacial score (nSPS) is 31.7. The molecule has 1 aromatic rings. The fourth-order valence-electron chi connectivity index (χ4n) is 3.92. The van der Waals surface area contributed by atoms with Crippen LogP contribution in [0.2, 0.25) is 0 Å². The average Bonchev–Trinajstić information content (AvgIpc) is 3.22. The van der Waals surface area contributed by atoms with E-state index >= 15 is 0 Å². The van der Waals surface area contributed by atoms with Crippen molar-refractivity contribution in [1.29, 1.82) is 0 Å². The minimum atomic E-state index is 0.00803. The summed E-state index contributed by atoms with van der Waals surface area (Å²) in [4.78, 5) is 14.9. The second-order valence-electron chi connectivity index (χ2n) is 6.80. The number of anilines is 1. The molecule has 1 aromatic heterocycles. The monoisotopic (exact) mass is 352 g/mol. The van der Waals surface area contributed by atoms with Gasteiger partial charge < -0.3 is 10.6 Å². The lowest BCUT2D eigenvalue weighted by atomic mass is 9.98. The van der Waals surface area contributed by atoms with Crippen LogP contribution in [0.1, 0.15) is 38.5 Å². The molecule has 2 bridgehead atoms. The summed E-state index contributed by atoms with van der Waals surface area (Å²) in [7, 11) is 0. The number of hydrogen-bond donors (Lipinski definition) is 1. The summed E-state index contributed by atoms with van der Waals surface area (Å²) in [5, 5.41) is 4.41. The molecule has 0 radical (unpaired) electrons. The first kappa shape index (κ1) is 13.8. The van der Waals surface area contributed by atoms with Gasteiger partial charge in [-0.2, -0.15) is 5.10 Å². The molecule has 2 aliphatic heterocycles. The van der Waals surface area contributed by atoms with E-state index in [4.69, 9.17) is 5.73 Å². The molecule has 2 saturated heterocycles. The summed E-state index contributed by atoms with van der Waals surface area (Å²) in [5.41, 5.74) is 7.10. The van der Waals surface area contributed by atoms with Gasteiger partial charge in [0.15, 0.2) is 0 Å². The van der Waals surface area contributed by atoms with E-state index in [2.05, 4.69) is 25.9 Å². The first-order chi connectivity index (χ1) is 10.1. The number of aromatic nitrogens is 2. The molecule has 1 aliphatic carbocycles. The van der Waals surface area contributed by atoms with Crippen molar-refractivity contribution in [1.82, 2.24) is 9.78 Å². The molecule has 114 valence electrons. The molecule has 2 atom stereocenters. The lowest BCUT2D eigenvalue weighted by Gasteiger charge is -2.39. The Morgan fingerprint density at radius 1 is 1.24 bits per heavy atom. The highest BCUT2D eigenvalue weighted by molar-refractivity contribution is 9.10. The van der Waals surface area contributed by atoms with Crippen molar-refractivity contribution < 1.29 is 0 Å². The summed E-state index contributed by atoms with van der Waals surface area (Å²) in [5.74, 6) is 0.650. The van der Waals surface area contributed by atoms with Crippen molar-refractivity contribution in [3.8, 4) is 0 Å².